The zero-order valence-electron chi connectivity index (χ0n) is 14.7. The summed E-state index contributed by atoms with van der Waals surface area (Å²) in [6.45, 7) is 4.09. The van der Waals surface area contributed by atoms with E-state index in [0.717, 1.165) is 33.6 Å². The number of aryl methyl sites for hydroxylation is 1. The molecule has 1 heterocycles. The van der Waals surface area contributed by atoms with Crippen LogP contribution in [0.2, 0.25) is 0 Å². The second kappa shape index (κ2) is 6.26. The smallest absolute Gasteiger partial charge is 0.150 e. The summed E-state index contributed by atoms with van der Waals surface area (Å²) < 4.78 is 6.34. The molecule has 0 spiro atoms. The van der Waals surface area contributed by atoms with Crippen molar-refractivity contribution in [1.82, 2.24) is 0 Å². The summed E-state index contributed by atoms with van der Waals surface area (Å²) in [6.07, 6.45) is -0.283. The van der Waals surface area contributed by atoms with E-state index in [9.17, 15) is 10.2 Å². The van der Waals surface area contributed by atoms with Crippen LogP contribution in [0.15, 0.2) is 66.7 Å². The van der Waals surface area contributed by atoms with Gasteiger partial charge in [0.25, 0.3) is 0 Å². The summed E-state index contributed by atoms with van der Waals surface area (Å²) in [5.74, 6) is 1.16. The fraction of sp³-hybridized carbons (Fsp3) is 0.130. The third-order valence-electron chi connectivity index (χ3n) is 4.82. The van der Waals surface area contributed by atoms with E-state index in [1.807, 2.05) is 19.1 Å². The molecule has 0 saturated heterocycles. The van der Waals surface area contributed by atoms with Crippen LogP contribution in [0.5, 0.6) is 17.2 Å². The summed E-state index contributed by atoms with van der Waals surface area (Å²) in [7, 11) is 0. The van der Waals surface area contributed by atoms with Gasteiger partial charge in [-0.25, -0.2) is 0 Å². The number of ether oxygens (including phenoxy) is 1. The molecule has 1 aliphatic heterocycles. The molecule has 26 heavy (non-hydrogen) atoms. The van der Waals surface area contributed by atoms with E-state index in [2.05, 4.69) is 31.2 Å². The topological polar surface area (TPSA) is 49.7 Å². The highest BCUT2D eigenvalue weighted by molar-refractivity contribution is 5.95. The Labute approximate surface area is 152 Å². The molecule has 130 valence electrons. The van der Waals surface area contributed by atoms with Gasteiger partial charge in [-0.2, -0.15) is 0 Å². The summed E-state index contributed by atoms with van der Waals surface area (Å²) >= 11 is 0. The van der Waals surface area contributed by atoms with Gasteiger partial charge in [-0.05, 0) is 60.9 Å². The van der Waals surface area contributed by atoms with E-state index in [1.165, 1.54) is 5.56 Å². The van der Waals surface area contributed by atoms with Gasteiger partial charge in [-0.3, -0.25) is 0 Å². The lowest BCUT2D eigenvalue weighted by Gasteiger charge is -2.31. The van der Waals surface area contributed by atoms with Gasteiger partial charge in [0.2, 0.25) is 0 Å². The lowest BCUT2D eigenvalue weighted by molar-refractivity contribution is 0.259. The molecular formula is C23H20O3. The molecule has 1 aliphatic rings. The average Bonchev–Trinajstić information content (AvgIpc) is 2.63. The fourth-order valence-electron chi connectivity index (χ4n) is 3.46. The number of allylic oxidation sites excluding steroid dienone is 1. The molecule has 0 bridgehead atoms. The molecule has 0 radical (unpaired) electrons. The van der Waals surface area contributed by atoms with Crippen LogP contribution in [0.3, 0.4) is 0 Å². The number of benzene rings is 3. The fourth-order valence-corrected chi connectivity index (χ4v) is 3.46. The summed E-state index contributed by atoms with van der Waals surface area (Å²) in [5, 5.41) is 19.9. The molecule has 1 atom stereocenters. The van der Waals surface area contributed by atoms with Crippen LogP contribution in [0.1, 0.15) is 35.3 Å². The number of phenolic OH excluding ortho intramolecular Hbond substituents is 2. The average molecular weight is 344 g/mol. The number of aromatic hydroxyl groups is 2. The molecule has 3 nitrogen and oxygen atoms in total. The lowest BCUT2D eigenvalue weighted by atomic mass is 9.86. The second-order valence-electron chi connectivity index (χ2n) is 6.68. The van der Waals surface area contributed by atoms with E-state index in [4.69, 9.17) is 4.74 Å². The Morgan fingerprint density at radius 3 is 2.27 bits per heavy atom. The number of phenols is 2. The van der Waals surface area contributed by atoms with Gasteiger partial charge in [-0.15, -0.1) is 0 Å². The van der Waals surface area contributed by atoms with Gasteiger partial charge < -0.3 is 14.9 Å². The molecule has 0 saturated carbocycles. The first-order chi connectivity index (χ1) is 12.5. The number of hydrogen-bond acceptors (Lipinski definition) is 3. The zero-order chi connectivity index (χ0) is 18.3. The minimum absolute atomic E-state index is 0.204. The Morgan fingerprint density at radius 2 is 1.54 bits per heavy atom. The summed E-state index contributed by atoms with van der Waals surface area (Å²) in [6, 6.07) is 20.6. The van der Waals surface area contributed by atoms with Crippen molar-refractivity contribution in [2.45, 2.75) is 20.0 Å². The maximum absolute atomic E-state index is 9.96. The second-order valence-corrected chi connectivity index (χ2v) is 6.68. The van der Waals surface area contributed by atoms with Crippen LogP contribution in [-0.4, -0.2) is 10.2 Å². The predicted octanol–water partition coefficient (Wildman–Crippen LogP) is 5.47. The van der Waals surface area contributed by atoms with Crippen molar-refractivity contribution in [2.24, 2.45) is 0 Å². The number of hydrogen-bond donors (Lipinski definition) is 2. The van der Waals surface area contributed by atoms with E-state index in [-0.39, 0.29) is 17.6 Å². The van der Waals surface area contributed by atoms with Gasteiger partial charge in [-0.1, -0.05) is 42.0 Å². The van der Waals surface area contributed by atoms with Crippen molar-refractivity contribution in [3.63, 3.8) is 0 Å². The Kier molecular flexibility index (Phi) is 3.92. The van der Waals surface area contributed by atoms with E-state index in [0.29, 0.717) is 0 Å². The third kappa shape index (κ3) is 2.82. The summed E-state index contributed by atoms with van der Waals surface area (Å²) in [5.41, 5.74) is 6.02. The first-order valence-electron chi connectivity index (χ1n) is 8.60. The van der Waals surface area contributed by atoms with Crippen molar-refractivity contribution in [1.29, 1.82) is 0 Å². The highest BCUT2D eigenvalue weighted by atomic mass is 16.5. The molecule has 0 amide bonds. The molecule has 3 aromatic rings. The van der Waals surface area contributed by atoms with Crippen molar-refractivity contribution in [3.05, 3.63) is 89.0 Å². The summed E-state index contributed by atoms with van der Waals surface area (Å²) in [4.78, 5) is 0. The monoisotopic (exact) mass is 344 g/mol. The molecule has 3 aromatic carbocycles. The Morgan fingerprint density at radius 1 is 0.808 bits per heavy atom. The Bertz CT molecular complexity index is 1000. The molecular weight excluding hydrogens is 324 g/mol. The van der Waals surface area contributed by atoms with E-state index >= 15 is 0 Å². The van der Waals surface area contributed by atoms with Gasteiger partial charge in [0.15, 0.2) is 0 Å². The predicted molar refractivity (Wildman–Crippen MR) is 103 cm³/mol. The highest BCUT2D eigenvalue weighted by Gasteiger charge is 2.29. The number of fused-ring (bicyclic) bond motifs is 1. The normalized spacial score (nSPS) is 16.2. The Hall–Kier alpha value is -3.20. The maximum Gasteiger partial charge on any atom is 0.150 e. The van der Waals surface area contributed by atoms with E-state index < -0.39 is 0 Å². The first-order valence-corrected chi connectivity index (χ1v) is 8.60. The zero-order valence-corrected chi connectivity index (χ0v) is 14.7. The third-order valence-corrected chi connectivity index (χ3v) is 4.82. The maximum atomic E-state index is 9.96. The van der Waals surface area contributed by atoms with Crippen molar-refractivity contribution in [2.75, 3.05) is 0 Å². The van der Waals surface area contributed by atoms with Crippen LogP contribution < -0.4 is 4.74 Å². The minimum Gasteiger partial charge on any atom is -0.508 e. The van der Waals surface area contributed by atoms with Gasteiger partial charge in [0, 0.05) is 11.1 Å². The lowest BCUT2D eigenvalue weighted by Crippen LogP contribution is -2.16. The molecule has 0 fully saturated rings. The van der Waals surface area contributed by atoms with Crippen LogP contribution in [0.25, 0.3) is 11.1 Å². The van der Waals surface area contributed by atoms with Crippen LogP contribution in [-0.2, 0) is 0 Å². The SMILES string of the molecule is CC1=C(c2cccc(O)c2)C(c2ccc(C)cc2)Oc2ccc(O)cc21. The largest absolute Gasteiger partial charge is 0.508 e. The van der Waals surface area contributed by atoms with Crippen molar-refractivity contribution < 1.29 is 14.9 Å². The van der Waals surface area contributed by atoms with Crippen molar-refractivity contribution >= 4 is 11.1 Å². The van der Waals surface area contributed by atoms with Gasteiger partial charge in [0.05, 0.1) is 0 Å². The molecule has 2 N–H and O–H groups in total. The van der Waals surface area contributed by atoms with Crippen molar-refractivity contribution in [3.8, 4) is 17.2 Å². The number of rotatable bonds is 2. The minimum atomic E-state index is -0.283. The molecule has 1 unspecified atom stereocenters. The standard InChI is InChI=1S/C23H20O3/c1-14-6-8-16(9-7-14)23-22(17-4-3-5-18(24)12-17)15(2)20-13-19(25)10-11-21(20)26-23/h3-13,23-25H,1-2H3. The van der Waals surface area contributed by atoms with Gasteiger partial charge in [0.1, 0.15) is 23.4 Å². The van der Waals surface area contributed by atoms with Crippen LogP contribution in [0.4, 0.5) is 0 Å². The van der Waals surface area contributed by atoms with Crippen LogP contribution >= 0.6 is 0 Å². The van der Waals surface area contributed by atoms with E-state index in [1.54, 1.807) is 30.3 Å². The van der Waals surface area contributed by atoms with Gasteiger partial charge >= 0.3 is 0 Å². The molecule has 4 rings (SSSR count). The highest BCUT2D eigenvalue weighted by Crippen LogP contribution is 2.47. The molecule has 3 heteroatoms. The molecule has 0 aliphatic carbocycles. The quantitative estimate of drug-likeness (QED) is 0.648. The first kappa shape index (κ1) is 16.3. The van der Waals surface area contributed by atoms with Crippen LogP contribution in [0, 0.1) is 6.92 Å². The molecule has 0 aromatic heterocycles. The Balaban J connectivity index is 1.95.